The highest BCUT2D eigenvalue weighted by atomic mass is 32.2. The van der Waals surface area contributed by atoms with Gasteiger partial charge in [0.1, 0.15) is 22.9 Å². The molecule has 0 radical (unpaired) electrons. The summed E-state index contributed by atoms with van der Waals surface area (Å²) in [6.45, 7) is 6.49. The third-order valence-electron chi connectivity index (χ3n) is 3.06. The summed E-state index contributed by atoms with van der Waals surface area (Å²) in [5.41, 5.74) is 0.798. The molecule has 4 nitrogen and oxygen atoms in total. The molecule has 0 bridgehead atoms. The lowest BCUT2D eigenvalue weighted by Crippen LogP contribution is -2.02. The molecule has 0 fully saturated rings. The average molecular weight is 325 g/mol. The van der Waals surface area contributed by atoms with Gasteiger partial charge in [0.2, 0.25) is 0 Å². The van der Waals surface area contributed by atoms with Crippen LogP contribution in [0.1, 0.15) is 38.2 Å². The summed E-state index contributed by atoms with van der Waals surface area (Å²) in [6, 6.07) is 3.41. The van der Waals surface area contributed by atoms with E-state index in [-0.39, 0.29) is 5.92 Å². The SMILES string of the molecule is CCn1c(/C=N/O)nc(C(C)C)c1Sc1cc(F)cc(F)c1. The molecular formula is C15H17F2N3OS. The zero-order valence-electron chi connectivity index (χ0n) is 12.5. The zero-order chi connectivity index (χ0) is 16.3. The quantitative estimate of drug-likeness (QED) is 0.507. The van der Waals surface area contributed by atoms with Crippen LogP contribution >= 0.6 is 11.8 Å². The molecule has 1 aromatic carbocycles. The van der Waals surface area contributed by atoms with Crippen molar-refractivity contribution in [2.75, 3.05) is 0 Å². The van der Waals surface area contributed by atoms with E-state index in [9.17, 15) is 8.78 Å². The average Bonchev–Trinajstić information content (AvgIpc) is 2.76. The molecule has 2 rings (SSSR count). The Hall–Kier alpha value is -1.89. The van der Waals surface area contributed by atoms with Crippen LogP contribution in [0.2, 0.25) is 0 Å². The van der Waals surface area contributed by atoms with Gasteiger partial charge in [-0.3, -0.25) is 0 Å². The van der Waals surface area contributed by atoms with E-state index in [0.717, 1.165) is 16.8 Å². The van der Waals surface area contributed by atoms with E-state index in [0.29, 0.717) is 17.3 Å². The van der Waals surface area contributed by atoms with Crippen molar-refractivity contribution in [3.05, 3.63) is 41.4 Å². The summed E-state index contributed by atoms with van der Waals surface area (Å²) in [5.74, 6) is -0.603. The maximum absolute atomic E-state index is 13.4. The van der Waals surface area contributed by atoms with Crippen molar-refractivity contribution >= 4 is 18.0 Å². The first-order chi connectivity index (χ1) is 10.5. The van der Waals surface area contributed by atoms with Crippen molar-refractivity contribution in [1.82, 2.24) is 9.55 Å². The fraction of sp³-hybridized carbons (Fsp3) is 0.333. The maximum Gasteiger partial charge on any atom is 0.155 e. The normalized spacial score (nSPS) is 11.7. The molecular weight excluding hydrogens is 308 g/mol. The van der Waals surface area contributed by atoms with Gasteiger partial charge in [0.05, 0.1) is 5.69 Å². The Kier molecular flexibility index (Phi) is 5.18. The number of rotatable bonds is 5. The molecule has 1 aromatic heterocycles. The summed E-state index contributed by atoms with van der Waals surface area (Å²) < 4.78 is 28.6. The Morgan fingerprint density at radius 3 is 2.45 bits per heavy atom. The van der Waals surface area contributed by atoms with Crippen molar-refractivity contribution < 1.29 is 14.0 Å². The van der Waals surface area contributed by atoms with Crippen molar-refractivity contribution in [2.24, 2.45) is 5.16 Å². The summed E-state index contributed by atoms with van der Waals surface area (Å²) in [7, 11) is 0. The fourth-order valence-electron chi connectivity index (χ4n) is 2.11. The molecule has 0 saturated heterocycles. The van der Waals surface area contributed by atoms with Gasteiger partial charge in [-0.05, 0) is 25.0 Å². The largest absolute Gasteiger partial charge is 0.411 e. The smallest absolute Gasteiger partial charge is 0.155 e. The Morgan fingerprint density at radius 2 is 1.95 bits per heavy atom. The number of hydrogen-bond acceptors (Lipinski definition) is 4. The molecule has 22 heavy (non-hydrogen) atoms. The fourth-order valence-corrected chi connectivity index (χ4v) is 3.40. The van der Waals surface area contributed by atoms with Crippen molar-refractivity contribution in [3.63, 3.8) is 0 Å². The van der Waals surface area contributed by atoms with Crippen molar-refractivity contribution in [2.45, 2.75) is 43.2 Å². The minimum absolute atomic E-state index is 0.125. The number of nitrogens with zero attached hydrogens (tertiary/aromatic N) is 3. The van der Waals surface area contributed by atoms with Crippen LogP contribution in [0.15, 0.2) is 33.3 Å². The van der Waals surface area contributed by atoms with E-state index in [1.54, 1.807) is 0 Å². The summed E-state index contributed by atoms with van der Waals surface area (Å²) >= 11 is 1.25. The molecule has 0 amide bonds. The third kappa shape index (κ3) is 3.47. The summed E-state index contributed by atoms with van der Waals surface area (Å²) in [4.78, 5) is 4.92. The van der Waals surface area contributed by atoms with E-state index in [2.05, 4.69) is 10.1 Å². The molecule has 118 valence electrons. The second-order valence-corrected chi connectivity index (χ2v) is 6.07. The van der Waals surface area contributed by atoms with Crippen LogP contribution in [0.3, 0.4) is 0 Å². The van der Waals surface area contributed by atoms with Crippen LogP contribution in [0.25, 0.3) is 0 Å². The molecule has 1 N–H and O–H groups in total. The zero-order valence-corrected chi connectivity index (χ0v) is 13.4. The number of imidazole rings is 1. The molecule has 2 aromatic rings. The van der Waals surface area contributed by atoms with Crippen LogP contribution in [0, 0.1) is 11.6 Å². The number of halogens is 2. The van der Waals surface area contributed by atoms with Gasteiger partial charge in [-0.25, -0.2) is 13.8 Å². The minimum atomic E-state index is -0.617. The predicted octanol–water partition coefficient (Wildman–Crippen LogP) is 4.26. The Morgan fingerprint density at radius 1 is 1.32 bits per heavy atom. The lowest BCUT2D eigenvalue weighted by Gasteiger charge is -2.10. The van der Waals surface area contributed by atoms with Crippen LogP contribution in [0.5, 0.6) is 0 Å². The van der Waals surface area contributed by atoms with Gasteiger partial charge in [0, 0.05) is 17.5 Å². The Balaban J connectivity index is 2.52. The molecule has 0 atom stereocenters. The van der Waals surface area contributed by atoms with Crippen LogP contribution < -0.4 is 0 Å². The maximum atomic E-state index is 13.4. The van der Waals surface area contributed by atoms with Crippen LogP contribution in [-0.2, 0) is 6.54 Å². The van der Waals surface area contributed by atoms with Gasteiger partial charge >= 0.3 is 0 Å². The minimum Gasteiger partial charge on any atom is -0.411 e. The van der Waals surface area contributed by atoms with E-state index < -0.39 is 11.6 Å². The number of oxime groups is 1. The molecule has 1 heterocycles. The summed E-state index contributed by atoms with van der Waals surface area (Å²) in [5, 5.41) is 12.6. The molecule has 0 saturated carbocycles. The molecule has 0 aliphatic rings. The van der Waals surface area contributed by atoms with Crippen LogP contribution in [0.4, 0.5) is 8.78 Å². The van der Waals surface area contributed by atoms with Gasteiger partial charge in [-0.15, -0.1) is 0 Å². The monoisotopic (exact) mass is 325 g/mol. The van der Waals surface area contributed by atoms with Gasteiger partial charge in [0.15, 0.2) is 5.82 Å². The Labute approximate surface area is 131 Å². The predicted molar refractivity (Wildman–Crippen MR) is 81.9 cm³/mol. The molecule has 0 spiro atoms. The van der Waals surface area contributed by atoms with Gasteiger partial charge in [-0.1, -0.05) is 30.8 Å². The van der Waals surface area contributed by atoms with Crippen molar-refractivity contribution in [3.8, 4) is 0 Å². The third-order valence-corrected chi connectivity index (χ3v) is 4.16. The first kappa shape index (κ1) is 16.5. The molecule has 0 aliphatic carbocycles. The standard InChI is InChI=1S/C15H17F2N3OS/c1-4-20-13(8-18-21)19-14(9(2)3)15(20)22-12-6-10(16)5-11(17)7-12/h5-9,21H,4H2,1-3H3/b18-8+. The highest BCUT2D eigenvalue weighted by Gasteiger charge is 2.19. The molecule has 7 heteroatoms. The van der Waals surface area contributed by atoms with E-state index in [1.807, 2.05) is 25.3 Å². The first-order valence-corrected chi connectivity index (χ1v) is 7.69. The highest BCUT2D eigenvalue weighted by Crippen LogP contribution is 2.35. The van der Waals surface area contributed by atoms with E-state index >= 15 is 0 Å². The van der Waals surface area contributed by atoms with E-state index in [4.69, 9.17) is 5.21 Å². The summed E-state index contributed by atoms with van der Waals surface area (Å²) in [6.07, 6.45) is 1.26. The van der Waals surface area contributed by atoms with Crippen LogP contribution in [-0.4, -0.2) is 21.0 Å². The Bertz CT molecular complexity index is 678. The second kappa shape index (κ2) is 6.91. The lowest BCUT2D eigenvalue weighted by atomic mass is 10.1. The molecule has 0 unspecified atom stereocenters. The topological polar surface area (TPSA) is 50.4 Å². The number of benzene rings is 1. The highest BCUT2D eigenvalue weighted by molar-refractivity contribution is 7.99. The second-order valence-electron chi connectivity index (χ2n) is 5.01. The van der Waals surface area contributed by atoms with Gasteiger partial charge < -0.3 is 9.77 Å². The van der Waals surface area contributed by atoms with Crippen molar-refractivity contribution in [1.29, 1.82) is 0 Å². The number of hydrogen-bond donors (Lipinski definition) is 1. The number of aromatic nitrogens is 2. The van der Waals surface area contributed by atoms with Gasteiger partial charge in [0.25, 0.3) is 0 Å². The van der Waals surface area contributed by atoms with Gasteiger partial charge in [-0.2, -0.15) is 0 Å². The molecule has 0 aliphatic heterocycles. The lowest BCUT2D eigenvalue weighted by molar-refractivity contribution is 0.321. The van der Waals surface area contributed by atoms with E-state index in [1.165, 1.54) is 30.1 Å². The first-order valence-electron chi connectivity index (χ1n) is 6.88.